The fourth-order valence-electron chi connectivity index (χ4n) is 1.52. The normalized spacial score (nSPS) is 12.3. The van der Waals surface area contributed by atoms with E-state index >= 15 is 0 Å². The predicted octanol–water partition coefficient (Wildman–Crippen LogP) is 2.87. The van der Waals surface area contributed by atoms with Crippen LogP contribution < -0.4 is 10.1 Å². The number of nitrogens with one attached hydrogen (secondary N) is 1. The minimum absolute atomic E-state index is 0.382. The maximum atomic E-state index is 5.55. The minimum atomic E-state index is 0.382. The minimum Gasteiger partial charge on any atom is -0.491 e. The number of ether oxygens (including phenoxy) is 1. The summed E-state index contributed by atoms with van der Waals surface area (Å²) >= 11 is 1.77. The van der Waals surface area contributed by atoms with E-state index in [0.717, 1.165) is 12.3 Å². The highest BCUT2D eigenvalue weighted by Gasteiger charge is 2.04. The average Bonchev–Trinajstić information content (AvgIpc) is 2.89. The Bertz CT molecular complexity index is 416. The van der Waals surface area contributed by atoms with E-state index in [2.05, 4.69) is 34.7 Å². The molecule has 2 aromatic rings. The Balaban J connectivity index is 1.67. The van der Waals surface area contributed by atoms with E-state index in [4.69, 9.17) is 4.74 Å². The Morgan fingerprint density at radius 2 is 2.35 bits per heavy atom. The van der Waals surface area contributed by atoms with Crippen molar-refractivity contribution in [2.24, 2.45) is 0 Å². The first-order chi connectivity index (χ1) is 8.36. The summed E-state index contributed by atoms with van der Waals surface area (Å²) in [5.74, 6) is 0.818. The van der Waals surface area contributed by atoms with Crippen molar-refractivity contribution in [2.45, 2.75) is 13.0 Å². The summed E-state index contributed by atoms with van der Waals surface area (Å²) < 4.78 is 5.55. The fraction of sp³-hybridized carbons (Fsp3) is 0.308. The summed E-state index contributed by atoms with van der Waals surface area (Å²) in [7, 11) is 0. The molecule has 0 amide bonds. The zero-order valence-corrected chi connectivity index (χ0v) is 10.6. The summed E-state index contributed by atoms with van der Waals surface area (Å²) in [5.41, 5.74) is 0. The molecule has 1 N–H and O–H groups in total. The monoisotopic (exact) mass is 248 g/mol. The third-order valence-corrected chi connectivity index (χ3v) is 3.48. The molecular weight excluding hydrogens is 232 g/mol. The molecule has 0 aromatic carbocycles. The van der Waals surface area contributed by atoms with Gasteiger partial charge in [-0.05, 0) is 30.5 Å². The molecule has 2 heterocycles. The highest BCUT2D eigenvalue weighted by Crippen LogP contribution is 2.17. The van der Waals surface area contributed by atoms with Crippen molar-refractivity contribution in [3.8, 4) is 5.75 Å². The smallest absolute Gasteiger partial charge is 0.137 e. The van der Waals surface area contributed by atoms with Crippen molar-refractivity contribution in [1.29, 1.82) is 0 Å². The summed E-state index contributed by atoms with van der Waals surface area (Å²) in [6, 6.07) is 8.38. The number of hydrogen-bond acceptors (Lipinski definition) is 4. The van der Waals surface area contributed by atoms with Gasteiger partial charge in [0.15, 0.2) is 0 Å². The summed E-state index contributed by atoms with van der Waals surface area (Å²) in [5, 5.41) is 5.52. The first-order valence-corrected chi connectivity index (χ1v) is 6.54. The number of pyridine rings is 1. The van der Waals surface area contributed by atoms with Crippen LogP contribution in [0, 0.1) is 0 Å². The van der Waals surface area contributed by atoms with Gasteiger partial charge in [0.2, 0.25) is 0 Å². The molecule has 0 bridgehead atoms. The van der Waals surface area contributed by atoms with E-state index < -0.39 is 0 Å². The summed E-state index contributed by atoms with van der Waals surface area (Å²) in [4.78, 5) is 5.35. The fourth-order valence-corrected chi connectivity index (χ4v) is 2.27. The molecule has 0 aliphatic carbocycles. The van der Waals surface area contributed by atoms with Crippen LogP contribution in [-0.2, 0) is 0 Å². The van der Waals surface area contributed by atoms with E-state index in [1.54, 1.807) is 23.7 Å². The topological polar surface area (TPSA) is 34.1 Å². The molecular formula is C13H16N2OS. The lowest BCUT2D eigenvalue weighted by atomic mass is 10.3. The number of hydrogen-bond donors (Lipinski definition) is 1. The molecule has 3 nitrogen and oxygen atoms in total. The average molecular weight is 248 g/mol. The van der Waals surface area contributed by atoms with Crippen molar-refractivity contribution in [3.63, 3.8) is 0 Å². The molecule has 0 aliphatic heterocycles. The Morgan fingerprint density at radius 3 is 3.06 bits per heavy atom. The third kappa shape index (κ3) is 3.84. The van der Waals surface area contributed by atoms with Crippen LogP contribution in [0.15, 0.2) is 42.0 Å². The van der Waals surface area contributed by atoms with Gasteiger partial charge in [0.1, 0.15) is 12.4 Å². The molecule has 2 aromatic heterocycles. The zero-order valence-electron chi connectivity index (χ0n) is 9.80. The Hall–Kier alpha value is -1.39. The van der Waals surface area contributed by atoms with Crippen molar-refractivity contribution in [2.75, 3.05) is 13.2 Å². The molecule has 90 valence electrons. The van der Waals surface area contributed by atoms with Crippen LogP contribution in [0.4, 0.5) is 0 Å². The van der Waals surface area contributed by atoms with Gasteiger partial charge in [-0.1, -0.05) is 6.07 Å². The highest BCUT2D eigenvalue weighted by atomic mass is 32.1. The van der Waals surface area contributed by atoms with Gasteiger partial charge in [-0.3, -0.25) is 4.98 Å². The van der Waals surface area contributed by atoms with E-state index in [1.807, 2.05) is 12.1 Å². The Morgan fingerprint density at radius 1 is 1.41 bits per heavy atom. The molecule has 0 radical (unpaired) electrons. The number of rotatable bonds is 6. The van der Waals surface area contributed by atoms with Crippen LogP contribution in [0.5, 0.6) is 5.75 Å². The maximum Gasteiger partial charge on any atom is 0.137 e. The van der Waals surface area contributed by atoms with Gasteiger partial charge >= 0.3 is 0 Å². The molecule has 0 fully saturated rings. The third-order valence-electron chi connectivity index (χ3n) is 2.43. The molecule has 1 atom stereocenters. The van der Waals surface area contributed by atoms with Crippen molar-refractivity contribution < 1.29 is 4.74 Å². The largest absolute Gasteiger partial charge is 0.491 e. The second-order valence-corrected chi connectivity index (χ2v) is 4.71. The van der Waals surface area contributed by atoms with Crippen molar-refractivity contribution in [1.82, 2.24) is 10.3 Å². The molecule has 17 heavy (non-hydrogen) atoms. The van der Waals surface area contributed by atoms with Gasteiger partial charge in [-0.25, -0.2) is 0 Å². The standard InChI is InChI=1S/C13H16N2OS/c1-11(13-5-3-9-17-13)15-7-8-16-12-4-2-6-14-10-12/h2-6,9-11,15H,7-8H2,1H3. The lowest BCUT2D eigenvalue weighted by Crippen LogP contribution is -2.23. The SMILES string of the molecule is CC(NCCOc1cccnc1)c1cccs1. The van der Waals surface area contributed by atoms with Crippen LogP contribution in [0.25, 0.3) is 0 Å². The predicted molar refractivity (Wildman–Crippen MR) is 70.5 cm³/mol. The maximum absolute atomic E-state index is 5.55. The first kappa shape index (κ1) is 12.1. The second-order valence-electron chi connectivity index (χ2n) is 3.73. The number of aromatic nitrogens is 1. The van der Waals surface area contributed by atoms with Gasteiger partial charge in [0, 0.05) is 23.7 Å². The molecule has 0 aliphatic rings. The van der Waals surface area contributed by atoms with E-state index in [-0.39, 0.29) is 0 Å². The first-order valence-electron chi connectivity index (χ1n) is 5.66. The molecule has 0 saturated heterocycles. The van der Waals surface area contributed by atoms with Gasteiger partial charge in [0.05, 0.1) is 6.20 Å². The molecule has 0 saturated carbocycles. The van der Waals surface area contributed by atoms with Gasteiger partial charge in [-0.15, -0.1) is 11.3 Å². The highest BCUT2D eigenvalue weighted by molar-refractivity contribution is 7.10. The van der Waals surface area contributed by atoms with Crippen LogP contribution in [0.1, 0.15) is 17.8 Å². The zero-order chi connectivity index (χ0) is 11.9. The van der Waals surface area contributed by atoms with E-state index in [0.29, 0.717) is 12.6 Å². The second kappa shape index (κ2) is 6.37. The molecule has 1 unspecified atom stereocenters. The Kier molecular flexibility index (Phi) is 4.53. The molecule has 0 spiro atoms. The van der Waals surface area contributed by atoms with Gasteiger partial charge in [-0.2, -0.15) is 0 Å². The van der Waals surface area contributed by atoms with E-state index in [9.17, 15) is 0 Å². The molecule has 4 heteroatoms. The van der Waals surface area contributed by atoms with Crippen molar-refractivity contribution in [3.05, 3.63) is 46.9 Å². The lowest BCUT2D eigenvalue weighted by Gasteiger charge is -2.12. The molecule has 2 rings (SSSR count). The van der Waals surface area contributed by atoms with Crippen LogP contribution in [0.3, 0.4) is 0 Å². The van der Waals surface area contributed by atoms with Crippen LogP contribution in [-0.4, -0.2) is 18.1 Å². The lowest BCUT2D eigenvalue weighted by molar-refractivity contribution is 0.307. The van der Waals surface area contributed by atoms with Gasteiger partial charge in [0.25, 0.3) is 0 Å². The number of nitrogens with zero attached hydrogens (tertiary/aromatic N) is 1. The van der Waals surface area contributed by atoms with Crippen molar-refractivity contribution >= 4 is 11.3 Å². The van der Waals surface area contributed by atoms with E-state index in [1.165, 1.54) is 4.88 Å². The van der Waals surface area contributed by atoms with Crippen LogP contribution >= 0.6 is 11.3 Å². The summed E-state index contributed by atoms with van der Waals surface area (Å²) in [6.45, 7) is 3.64. The quantitative estimate of drug-likeness (QED) is 0.798. The number of thiophene rings is 1. The Labute approximate surface area is 105 Å². The van der Waals surface area contributed by atoms with Gasteiger partial charge < -0.3 is 10.1 Å². The van der Waals surface area contributed by atoms with Crippen LogP contribution in [0.2, 0.25) is 0 Å². The summed E-state index contributed by atoms with van der Waals surface area (Å²) in [6.07, 6.45) is 3.46.